The van der Waals surface area contributed by atoms with Crippen molar-refractivity contribution in [2.75, 3.05) is 31.2 Å². The van der Waals surface area contributed by atoms with E-state index in [4.69, 9.17) is 4.74 Å². The van der Waals surface area contributed by atoms with Gasteiger partial charge in [-0.1, -0.05) is 0 Å². The van der Waals surface area contributed by atoms with E-state index in [0.717, 1.165) is 43.2 Å². The molecule has 1 fully saturated rings. The number of pyridine rings is 1. The first-order chi connectivity index (χ1) is 7.68. The monoisotopic (exact) mass is 222 g/mol. The Morgan fingerprint density at radius 3 is 2.69 bits per heavy atom. The van der Waals surface area contributed by atoms with Crippen LogP contribution in [0.15, 0.2) is 12.3 Å². The number of aliphatic hydroxyl groups is 1. The van der Waals surface area contributed by atoms with Crippen molar-refractivity contribution in [1.29, 1.82) is 0 Å². The van der Waals surface area contributed by atoms with Crippen molar-refractivity contribution >= 4 is 5.82 Å². The number of rotatable bonds is 2. The summed E-state index contributed by atoms with van der Waals surface area (Å²) in [7, 11) is 0. The van der Waals surface area contributed by atoms with Gasteiger partial charge >= 0.3 is 0 Å². The molecule has 1 aliphatic heterocycles. The molecule has 1 aliphatic rings. The highest BCUT2D eigenvalue weighted by atomic mass is 16.5. The fourth-order valence-corrected chi connectivity index (χ4v) is 1.92. The zero-order chi connectivity index (χ0) is 11.5. The fourth-order valence-electron chi connectivity index (χ4n) is 1.92. The number of aliphatic hydroxyl groups excluding tert-OH is 1. The molecule has 1 atom stereocenters. The Balaban J connectivity index is 2.21. The Morgan fingerprint density at radius 1 is 1.44 bits per heavy atom. The van der Waals surface area contributed by atoms with Gasteiger partial charge in [-0.05, 0) is 31.0 Å². The van der Waals surface area contributed by atoms with Crippen LogP contribution in [0.5, 0.6) is 0 Å². The predicted octanol–water partition coefficient (Wildman–Crippen LogP) is 1.28. The molecule has 0 saturated carbocycles. The highest BCUT2D eigenvalue weighted by molar-refractivity contribution is 5.47. The standard InChI is InChI=1S/C12H18N2O2/c1-9-7-11(10(2)15)8-13-12(9)14-3-5-16-6-4-14/h7-8,10,15H,3-6H2,1-2H3. The molecule has 2 rings (SSSR count). The first-order valence-electron chi connectivity index (χ1n) is 5.66. The normalized spacial score (nSPS) is 18.6. The van der Waals surface area contributed by atoms with Gasteiger partial charge < -0.3 is 14.7 Å². The SMILES string of the molecule is Cc1cc(C(C)O)cnc1N1CCOCC1. The molecule has 0 bridgehead atoms. The summed E-state index contributed by atoms with van der Waals surface area (Å²) in [5.74, 6) is 1.01. The maximum Gasteiger partial charge on any atom is 0.131 e. The molecule has 16 heavy (non-hydrogen) atoms. The second kappa shape index (κ2) is 4.80. The van der Waals surface area contributed by atoms with Crippen LogP contribution in [0.2, 0.25) is 0 Å². The van der Waals surface area contributed by atoms with Crippen molar-refractivity contribution in [3.05, 3.63) is 23.4 Å². The van der Waals surface area contributed by atoms with Gasteiger partial charge in [0.05, 0.1) is 19.3 Å². The molecule has 0 spiro atoms. The first-order valence-corrected chi connectivity index (χ1v) is 5.66. The number of anilines is 1. The van der Waals surface area contributed by atoms with E-state index in [1.807, 2.05) is 13.0 Å². The molecule has 0 aromatic carbocycles. The molecule has 1 unspecified atom stereocenters. The number of aryl methyl sites for hydroxylation is 1. The van der Waals surface area contributed by atoms with Crippen molar-refractivity contribution in [2.24, 2.45) is 0 Å². The lowest BCUT2D eigenvalue weighted by Gasteiger charge is -2.29. The molecule has 88 valence electrons. The van der Waals surface area contributed by atoms with Crippen LogP contribution in [0.4, 0.5) is 5.82 Å². The minimum absolute atomic E-state index is 0.454. The number of aromatic nitrogens is 1. The van der Waals surface area contributed by atoms with Gasteiger partial charge in [0, 0.05) is 19.3 Å². The molecular weight excluding hydrogens is 204 g/mol. The van der Waals surface area contributed by atoms with Crippen LogP contribution in [-0.2, 0) is 4.74 Å². The molecule has 0 radical (unpaired) electrons. The molecule has 1 aromatic heterocycles. The van der Waals surface area contributed by atoms with Gasteiger partial charge in [0.2, 0.25) is 0 Å². The van der Waals surface area contributed by atoms with Gasteiger partial charge in [0.25, 0.3) is 0 Å². The Kier molecular flexibility index (Phi) is 3.41. The van der Waals surface area contributed by atoms with Crippen LogP contribution < -0.4 is 4.90 Å². The lowest BCUT2D eigenvalue weighted by Crippen LogP contribution is -2.37. The number of hydrogen-bond donors (Lipinski definition) is 1. The Hall–Kier alpha value is -1.13. The van der Waals surface area contributed by atoms with E-state index < -0.39 is 6.10 Å². The van der Waals surface area contributed by atoms with Gasteiger partial charge in [0.15, 0.2) is 0 Å². The molecule has 4 nitrogen and oxygen atoms in total. The number of hydrogen-bond acceptors (Lipinski definition) is 4. The van der Waals surface area contributed by atoms with Crippen LogP contribution in [0.25, 0.3) is 0 Å². The van der Waals surface area contributed by atoms with E-state index in [9.17, 15) is 5.11 Å². The third-order valence-electron chi connectivity index (χ3n) is 2.86. The zero-order valence-corrected chi connectivity index (χ0v) is 9.81. The third kappa shape index (κ3) is 2.33. The third-order valence-corrected chi connectivity index (χ3v) is 2.86. The van der Waals surface area contributed by atoms with Crippen molar-refractivity contribution in [2.45, 2.75) is 20.0 Å². The minimum atomic E-state index is -0.454. The summed E-state index contributed by atoms with van der Waals surface area (Å²) in [6, 6.07) is 2.00. The lowest BCUT2D eigenvalue weighted by molar-refractivity contribution is 0.122. The Labute approximate surface area is 95.9 Å². The summed E-state index contributed by atoms with van der Waals surface area (Å²) in [6.07, 6.45) is 1.30. The van der Waals surface area contributed by atoms with Gasteiger partial charge in [0.1, 0.15) is 5.82 Å². The first kappa shape index (κ1) is 11.4. The summed E-state index contributed by atoms with van der Waals surface area (Å²) in [4.78, 5) is 6.66. The maximum atomic E-state index is 9.48. The van der Waals surface area contributed by atoms with Gasteiger partial charge in [-0.15, -0.1) is 0 Å². The quantitative estimate of drug-likeness (QED) is 0.818. The van der Waals surface area contributed by atoms with Crippen LogP contribution in [0, 0.1) is 6.92 Å². The van der Waals surface area contributed by atoms with Crippen LogP contribution >= 0.6 is 0 Å². The Bertz CT molecular complexity index is 360. The van der Waals surface area contributed by atoms with E-state index in [1.165, 1.54) is 0 Å². The van der Waals surface area contributed by atoms with E-state index in [0.29, 0.717) is 0 Å². The largest absolute Gasteiger partial charge is 0.389 e. The van der Waals surface area contributed by atoms with E-state index in [1.54, 1.807) is 13.1 Å². The molecule has 0 aliphatic carbocycles. The highest BCUT2D eigenvalue weighted by Crippen LogP contribution is 2.21. The van der Waals surface area contributed by atoms with Crippen LogP contribution in [0.3, 0.4) is 0 Å². The van der Waals surface area contributed by atoms with Crippen LogP contribution in [-0.4, -0.2) is 36.4 Å². The van der Waals surface area contributed by atoms with Gasteiger partial charge in [-0.2, -0.15) is 0 Å². The fraction of sp³-hybridized carbons (Fsp3) is 0.583. The second-order valence-electron chi connectivity index (χ2n) is 4.18. The van der Waals surface area contributed by atoms with Crippen molar-refractivity contribution in [1.82, 2.24) is 4.98 Å². The minimum Gasteiger partial charge on any atom is -0.389 e. The van der Waals surface area contributed by atoms with E-state index in [-0.39, 0.29) is 0 Å². The summed E-state index contributed by atoms with van der Waals surface area (Å²) in [5, 5.41) is 9.48. The summed E-state index contributed by atoms with van der Waals surface area (Å²) in [5.41, 5.74) is 1.98. The number of nitrogens with zero attached hydrogens (tertiary/aromatic N) is 2. The molecule has 1 saturated heterocycles. The van der Waals surface area contributed by atoms with Crippen LogP contribution in [0.1, 0.15) is 24.2 Å². The Morgan fingerprint density at radius 2 is 2.12 bits per heavy atom. The predicted molar refractivity (Wildman–Crippen MR) is 62.6 cm³/mol. The van der Waals surface area contributed by atoms with Gasteiger partial charge in [-0.3, -0.25) is 0 Å². The summed E-state index contributed by atoms with van der Waals surface area (Å²) < 4.78 is 5.31. The van der Waals surface area contributed by atoms with Crippen molar-refractivity contribution in [3.8, 4) is 0 Å². The highest BCUT2D eigenvalue weighted by Gasteiger charge is 2.15. The van der Waals surface area contributed by atoms with E-state index >= 15 is 0 Å². The molecule has 0 amide bonds. The second-order valence-corrected chi connectivity index (χ2v) is 4.18. The average molecular weight is 222 g/mol. The van der Waals surface area contributed by atoms with E-state index in [2.05, 4.69) is 9.88 Å². The maximum absolute atomic E-state index is 9.48. The summed E-state index contributed by atoms with van der Waals surface area (Å²) in [6.45, 7) is 7.09. The smallest absolute Gasteiger partial charge is 0.131 e. The topological polar surface area (TPSA) is 45.6 Å². The van der Waals surface area contributed by atoms with Gasteiger partial charge in [-0.25, -0.2) is 4.98 Å². The molecular formula is C12H18N2O2. The molecule has 1 aromatic rings. The zero-order valence-electron chi connectivity index (χ0n) is 9.81. The summed E-state index contributed by atoms with van der Waals surface area (Å²) >= 11 is 0. The lowest BCUT2D eigenvalue weighted by atomic mass is 10.1. The number of ether oxygens (including phenoxy) is 1. The van der Waals surface area contributed by atoms with Crippen molar-refractivity contribution < 1.29 is 9.84 Å². The molecule has 4 heteroatoms. The molecule has 1 N–H and O–H groups in total. The average Bonchev–Trinajstić information content (AvgIpc) is 2.30. The van der Waals surface area contributed by atoms with Crippen molar-refractivity contribution in [3.63, 3.8) is 0 Å². The molecule has 2 heterocycles. The number of morpholine rings is 1.